The second-order valence-corrected chi connectivity index (χ2v) is 11.5. The quantitative estimate of drug-likeness (QED) is 0.464. The smallest absolute Gasteiger partial charge is 0.319 e. The lowest BCUT2D eigenvalue weighted by Gasteiger charge is -2.30. The number of aromatic nitrogens is 1. The average molecular weight is 495 g/mol. The third-order valence-corrected chi connectivity index (χ3v) is 6.99. The van der Waals surface area contributed by atoms with Gasteiger partial charge < -0.3 is 19.9 Å². The summed E-state index contributed by atoms with van der Waals surface area (Å²) in [5, 5.41) is 16.6. The van der Waals surface area contributed by atoms with Gasteiger partial charge in [0.05, 0.1) is 22.5 Å². The molecular formula is C26H30N4O4S. The Kier molecular flexibility index (Phi) is 7.03. The number of nitrogens with one attached hydrogen (secondary N) is 2. The summed E-state index contributed by atoms with van der Waals surface area (Å²) in [5.74, 6) is 0.518. The molecule has 4 rings (SSSR count). The highest BCUT2D eigenvalue weighted by molar-refractivity contribution is 7.90. The molecule has 2 N–H and O–H groups in total. The minimum atomic E-state index is -3.12. The molecule has 0 unspecified atom stereocenters. The number of sulfone groups is 1. The van der Waals surface area contributed by atoms with Crippen LogP contribution in [-0.2, 0) is 9.84 Å². The SMILES string of the molecule is CC(C)NC(=O)Nc1ccc(-c2c(C#N)c3ccc(OCCS(C)(=O)=O)cc3n2C2CCC2)cc1. The molecule has 0 bridgehead atoms. The summed E-state index contributed by atoms with van der Waals surface area (Å²) in [6.45, 7) is 3.87. The molecule has 1 aliphatic carbocycles. The van der Waals surface area contributed by atoms with Crippen LogP contribution in [-0.4, -0.2) is 43.7 Å². The maximum Gasteiger partial charge on any atom is 0.319 e. The Hall–Kier alpha value is -3.51. The topological polar surface area (TPSA) is 113 Å². The molecule has 0 saturated heterocycles. The van der Waals surface area contributed by atoms with Crippen molar-refractivity contribution in [3.63, 3.8) is 0 Å². The number of amides is 2. The summed E-state index contributed by atoms with van der Waals surface area (Å²) in [4.78, 5) is 12.0. The van der Waals surface area contributed by atoms with E-state index in [1.165, 1.54) is 6.26 Å². The summed E-state index contributed by atoms with van der Waals surface area (Å²) in [6.07, 6.45) is 4.36. The number of rotatable bonds is 8. The second-order valence-electron chi connectivity index (χ2n) is 9.28. The zero-order chi connectivity index (χ0) is 25.2. The van der Waals surface area contributed by atoms with E-state index in [0.29, 0.717) is 17.0 Å². The molecule has 1 aromatic heterocycles. The van der Waals surface area contributed by atoms with Crippen molar-refractivity contribution in [1.82, 2.24) is 9.88 Å². The normalized spacial score (nSPS) is 13.9. The van der Waals surface area contributed by atoms with Crippen LogP contribution in [0.15, 0.2) is 42.5 Å². The number of ether oxygens (including phenoxy) is 1. The Morgan fingerprint density at radius 3 is 2.49 bits per heavy atom. The molecule has 1 fully saturated rings. The number of carbonyl (C=O) groups excluding carboxylic acids is 1. The van der Waals surface area contributed by atoms with E-state index in [1.54, 1.807) is 6.07 Å². The first kappa shape index (κ1) is 24.6. The van der Waals surface area contributed by atoms with Crippen LogP contribution in [0.5, 0.6) is 5.75 Å². The molecular weight excluding hydrogens is 464 g/mol. The Bertz CT molecular complexity index is 1380. The van der Waals surface area contributed by atoms with Gasteiger partial charge in [-0.25, -0.2) is 13.2 Å². The first-order valence-electron chi connectivity index (χ1n) is 11.7. The van der Waals surface area contributed by atoms with Gasteiger partial charge in [-0.3, -0.25) is 0 Å². The van der Waals surface area contributed by atoms with Gasteiger partial charge in [-0.15, -0.1) is 0 Å². The number of urea groups is 1. The average Bonchev–Trinajstić information content (AvgIpc) is 3.05. The van der Waals surface area contributed by atoms with Crippen LogP contribution in [0, 0.1) is 11.3 Å². The fraction of sp³-hybridized carbons (Fsp3) is 0.385. The van der Waals surface area contributed by atoms with Gasteiger partial charge in [-0.05, 0) is 62.9 Å². The Morgan fingerprint density at radius 2 is 1.91 bits per heavy atom. The van der Waals surface area contributed by atoms with Gasteiger partial charge in [0.25, 0.3) is 0 Å². The first-order chi connectivity index (χ1) is 16.7. The number of nitriles is 1. The fourth-order valence-electron chi connectivity index (χ4n) is 4.25. The van der Waals surface area contributed by atoms with Gasteiger partial charge in [0, 0.05) is 35.5 Å². The number of nitrogens with zero attached hydrogens (tertiary/aromatic N) is 2. The molecule has 2 aromatic carbocycles. The molecule has 2 amide bonds. The van der Waals surface area contributed by atoms with Gasteiger partial charge in [-0.2, -0.15) is 5.26 Å². The predicted octanol–water partition coefficient (Wildman–Crippen LogP) is 4.86. The van der Waals surface area contributed by atoms with Crippen LogP contribution < -0.4 is 15.4 Å². The van der Waals surface area contributed by atoms with Crippen molar-refractivity contribution >= 4 is 32.5 Å². The summed E-state index contributed by atoms with van der Waals surface area (Å²) in [7, 11) is -3.12. The fourth-order valence-corrected chi connectivity index (χ4v) is 4.64. The van der Waals surface area contributed by atoms with E-state index in [0.717, 1.165) is 41.4 Å². The van der Waals surface area contributed by atoms with Crippen LogP contribution in [0.2, 0.25) is 0 Å². The molecule has 0 aliphatic heterocycles. The van der Waals surface area contributed by atoms with Crippen molar-refractivity contribution in [3.8, 4) is 23.1 Å². The van der Waals surface area contributed by atoms with Crippen molar-refractivity contribution in [3.05, 3.63) is 48.0 Å². The number of fused-ring (bicyclic) bond motifs is 1. The minimum absolute atomic E-state index is 0.0332. The molecule has 1 saturated carbocycles. The molecule has 1 aliphatic rings. The number of hydrogen-bond donors (Lipinski definition) is 2. The number of carbonyl (C=O) groups is 1. The molecule has 1 heterocycles. The van der Waals surface area contributed by atoms with Gasteiger partial charge in [-0.1, -0.05) is 12.1 Å². The van der Waals surface area contributed by atoms with E-state index in [4.69, 9.17) is 4.74 Å². The standard InChI is InChI=1S/C26H30N4O4S/c1-17(2)28-26(31)29-19-9-7-18(8-10-19)25-23(16-27)22-12-11-21(34-13-14-35(3,32)33)15-24(22)30(25)20-5-4-6-20/h7-12,15,17,20H,4-6,13-14H2,1-3H3,(H2,28,29,31). The van der Waals surface area contributed by atoms with Gasteiger partial charge >= 0.3 is 6.03 Å². The van der Waals surface area contributed by atoms with E-state index in [2.05, 4.69) is 21.3 Å². The number of benzene rings is 2. The molecule has 0 spiro atoms. The first-order valence-corrected chi connectivity index (χ1v) is 13.8. The van der Waals surface area contributed by atoms with E-state index in [9.17, 15) is 18.5 Å². The van der Waals surface area contributed by atoms with E-state index < -0.39 is 9.84 Å². The number of hydrogen-bond acceptors (Lipinski definition) is 5. The van der Waals surface area contributed by atoms with Crippen molar-refractivity contribution in [2.75, 3.05) is 23.9 Å². The van der Waals surface area contributed by atoms with Gasteiger partial charge in [0.1, 0.15) is 18.4 Å². The summed E-state index contributed by atoms with van der Waals surface area (Å²) < 4.78 is 30.8. The van der Waals surface area contributed by atoms with Crippen LogP contribution in [0.25, 0.3) is 22.2 Å². The molecule has 35 heavy (non-hydrogen) atoms. The Balaban J connectivity index is 1.71. The molecule has 184 valence electrons. The van der Waals surface area contributed by atoms with Crippen molar-refractivity contribution in [1.29, 1.82) is 5.26 Å². The van der Waals surface area contributed by atoms with E-state index in [-0.39, 0.29) is 30.5 Å². The lowest BCUT2D eigenvalue weighted by Crippen LogP contribution is -2.34. The highest BCUT2D eigenvalue weighted by atomic mass is 32.2. The molecule has 9 heteroatoms. The maximum atomic E-state index is 12.0. The third-order valence-electron chi connectivity index (χ3n) is 6.09. The highest BCUT2D eigenvalue weighted by Gasteiger charge is 2.28. The van der Waals surface area contributed by atoms with Crippen LogP contribution in [0.1, 0.15) is 44.7 Å². The molecule has 0 atom stereocenters. The zero-order valence-electron chi connectivity index (χ0n) is 20.2. The molecule has 0 radical (unpaired) electrons. The van der Waals surface area contributed by atoms with Gasteiger partial charge in [0.15, 0.2) is 9.84 Å². The third kappa shape index (κ3) is 5.60. The molecule has 8 nitrogen and oxygen atoms in total. The highest BCUT2D eigenvalue weighted by Crippen LogP contribution is 2.43. The summed E-state index contributed by atoms with van der Waals surface area (Å²) in [6, 6.07) is 15.5. The Morgan fingerprint density at radius 1 is 1.20 bits per heavy atom. The minimum Gasteiger partial charge on any atom is -0.492 e. The van der Waals surface area contributed by atoms with E-state index in [1.807, 2.05) is 50.2 Å². The van der Waals surface area contributed by atoms with Crippen molar-refractivity contribution < 1.29 is 17.9 Å². The Labute approximate surface area is 205 Å². The largest absolute Gasteiger partial charge is 0.492 e. The monoisotopic (exact) mass is 494 g/mol. The maximum absolute atomic E-state index is 12.0. The lowest BCUT2D eigenvalue weighted by atomic mass is 9.92. The summed E-state index contributed by atoms with van der Waals surface area (Å²) >= 11 is 0. The summed E-state index contributed by atoms with van der Waals surface area (Å²) in [5.41, 5.74) is 3.89. The van der Waals surface area contributed by atoms with Gasteiger partial charge in [0.2, 0.25) is 0 Å². The van der Waals surface area contributed by atoms with Crippen LogP contribution in [0.4, 0.5) is 10.5 Å². The van der Waals surface area contributed by atoms with Crippen molar-refractivity contribution in [2.45, 2.75) is 45.2 Å². The number of anilines is 1. The van der Waals surface area contributed by atoms with Crippen molar-refractivity contribution in [2.24, 2.45) is 0 Å². The lowest BCUT2D eigenvalue weighted by molar-refractivity contribution is 0.250. The molecule has 3 aromatic rings. The van der Waals surface area contributed by atoms with E-state index >= 15 is 0 Å². The van der Waals surface area contributed by atoms with Crippen LogP contribution >= 0.6 is 0 Å². The van der Waals surface area contributed by atoms with Crippen LogP contribution in [0.3, 0.4) is 0 Å². The zero-order valence-corrected chi connectivity index (χ0v) is 21.0. The predicted molar refractivity (Wildman–Crippen MR) is 137 cm³/mol. The second kappa shape index (κ2) is 10.0.